The SMILES string of the molecule is C[C@@H]1[C@H](CSc2cccc[n+]2[O-])O[C@H](c2ccc(-c3ccccc3CNC(=O)c3cnc4ccccc4n3)cc2)O[C@@H]1c1ccc(CO)cc1. The molecular formula is C40H36N4O5S. The van der Waals surface area contributed by atoms with Crippen molar-refractivity contribution in [1.29, 1.82) is 0 Å². The highest BCUT2D eigenvalue weighted by Crippen LogP contribution is 2.43. The summed E-state index contributed by atoms with van der Waals surface area (Å²) >= 11 is 1.46. The molecule has 1 aliphatic heterocycles. The summed E-state index contributed by atoms with van der Waals surface area (Å²) in [7, 11) is 0. The number of nitrogens with zero attached hydrogens (tertiary/aromatic N) is 3. The zero-order chi connectivity index (χ0) is 34.5. The van der Waals surface area contributed by atoms with Crippen molar-refractivity contribution in [3.63, 3.8) is 0 Å². The maximum atomic E-state index is 13.0. The van der Waals surface area contributed by atoms with Crippen LogP contribution in [0.3, 0.4) is 0 Å². The molecule has 0 bridgehead atoms. The average molecular weight is 685 g/mol. The molecular weight excluding hydrogens is 649 g/mol. The number of nitrogens with one attached hydrogen (secondary N) is 1. The summed E-state index contributed by atoms with van der Waals surface area (Å²) in [5.74, 6) is 0.268. The number of benzene rings is 4. The van der Waals surface area contributed by atoms with Gasteiger partial charge in [0.05, 0.1) is 36.0 Å². The van der Waals surface area contributed by atoms with Gasteiger partial charge in [0.25, 0.3) is 10.9 Å². The summed E-state index contributed by atoms with van der Waals surface area (Å²) in [6.45, 7) is 2.40. The van der Waals surface area contributed by atoms with E-state index in [9.17, 15) is 15.1 Å². The number of para-hydroxylation sites is 2. The van der Waals surface area contributed by atoms with Crippen molar-refractivity contribution >= 4 is 28.7 Å². The monoisotopic (exact) mass is 684 g/mol. The third-order valence-electron chi connectivity index (χ3n) is 8.94. The van der Waals surface area contributed by atoms with E-state index in [-0.39, 0.29) is 36.3 Å². The molecule has 252 valence electrons. The van der Waals surface area contributed by atoms with Crippen LogP contribution < -0.4 is 10.0 Å². The van der Waals surface area contributed by atoms with Crippen LogP contribution in [0.2, 0.25) is 0 Å². The van der Waals surface area contributed by atoms with E-state index in [1.165, 1.54) is 24.2 Å². The van der Waals surface area contributed by atoms with Gasteiger partial charge >= 0.3 is 0 Å². The van der Waals surface area contributed by atoms with Gasteiger partial charge in [-0.3, -0.25) is 9.78 Å². The Morgan fingerprint density at radius 3 is 2.38 bits per heavy atom. The standard InChI is InChI=1S/C40H36N4O5S/c1-26-36(25-50-37-12-6-7-21-44(37)47)48-40(49-38(26)29-15-13-27(24-45)14-16-29)30-19-17-28(18-20-30)32-9-3-2-8-31(32)22-42-39(46)35-23-41-33-10-4-5-11-34(33)43-35/h2-21,23,26,36,38,40,45H,22,24-25H2,1H3,(H,42,46)/t26-,36+,38+,40+/m1/s1. The smallest absolute Gasteiger partial charge is 0.271 e. The van der Waals surface area contributed by atoms with E-state index in [0.29, 0.717) is 22.8 Å². The lowest BCUT2D eigenvalue weighted by Crippen LogP contribution is -2.39. The Bertz CT molecular complexity index is 2090. The third kappa shape index (κ3) is 7.39. The molecule has 50 heavy (non-hydrogen) atoms. The predicted molar refractivity (Wildman–Crippen MR) is 192 cm³/mol. The van der Waals surface area contributed by atoms with Gasteiger partial charge in [-0.1, -0.05) is 104 Å². The van der Waals surface area contributed by atoms with Crippen molar-refractivity contribution in [3.05, 3.63) is 161 Å². The summed E-state index contributed by atoms with van der Waals surface area (Å²) < 4.78 is 14.1. The van der Waals surface area contributed by atoms with Crippen LogP contribution in [0.25, 0.3) is 22.2 Å². The van der Waals surface area contributed by atoms with Crippen molar-refractivity contribution in [2.75, 3.05) is 5.75 Å². The number of aromatic nitrogens is 3. The molecule has 3 heterocycles. The van der Waals surface area contributed by atoms with Gasteiger partial charge in [0.1, 0.15) is 5.69 Å². The van der Waals surface area contributed by atoms with Gasteiger partial charge in [0.2, 0.25) is 0 Å². The molecule has 4 atom stereocenters. The maximum absolute atomic E-state index is 13.0. The van der Waals surface area contributed by atoms with E-state index in [2.05, 4.69) is 22.2 Å². The van der Waals surface area contributed by atoms with Gasteiger partial charge in [-0.05, 0) is 46.0 Å². The molecule has 0 saturated carbocycles. The molecule has 10 heteroatoms. The maximum Gasteiger partial charge on any atom is 0.271 e. The number of hydrogen-bond acceptors (Lipinski definition) is 8. The second-order valence-corrected chi connectivity index (χ2v) is 13.2. The third-order valence-corrected chi connectivity index (χ3v) is 10.0. The summed E-state index contributed by atoms with van der Waals surface area (Å²) in [5.41, 5.74) is 7.31. The van der Waals surface area contributed by atoms with Crippen LogP contribution in [-0.4, -0.2) is 32.8 Å². The number of hydrogen-bond donors (Lipinski definition) is 2. The Hall–Kier alpha value is -5.13. The Morgan fingerprint density at radius 1 is 0.880 bits per heavy atom. The van der Waals surface area contributed by atoms with Crippen LogP contribution in [0, 0.1) is 11.1 Å². The number of rotatable bonds is 10. The number of aliphatic hydroxyl groups excluding tert-OH is 1. The van der Waals surface area contributed by atoms with Gasteiger partial charge in [-0.2, -0.15) is 4.73 Å². The van der Waals surface area contributed by atoms with Crippen molar-refractivity contribution in [1.82, 2.24) is 15.3 Å². The topological polar surface area (TPSA) is 121 Å². The molecule has 7 rings (SSSR count). The molecule has 2 aromatic heterocycles. The lowest BCUT2D eigenvalue weighted by Gasteiger charge is -2.41. The molecule has 4 aromatic carbocycles. The second-order valence-electron chi connectivity index (χ2n) is 12.2. The van der Waals surface area contributed by atoms with E-state index in [1.807, 2.05) is 109 Å². The number of aliphatic hydroxyl groups is 1. The number of fused-ring (bicyclic) bond motifs is 1. The molecule has 9 nitrogen and oxygen atoms in total. The molecule has 0 aliphatic carbocycles. The van der Waals surface area contributed by atoms with Gasteiger partial charge in [-0.15, -0.1) is 0 Å². The van der Waals surface area contributed by atoms with Crippen molar-refractivity contribution in [3.8, 4) is 11.1 Å². The quantitative estimate of drug-likeness (QED) is 0.0905. The van der Waals surface area contributed by atoms with Gasteiger partial charge in [-0.25, -0.2) is 4.98 Å². The highest BCUT2D eigenvalue weighted by atomic mass is 32.2. The average Bonchev–Trinajstić information content (AvgIpc) is 3.17. The summed E-state index contributed by atoms with van der Waals surface area (Å²) in [5, 5.41) is 25.5. The van der Waals surface area contributed by atoms with Gasteiger partial charge in [0, 0.05) is 35.9 Å². The number of carbonyl (C=O) groups excluding carboxylic acids is 1. The van der Waals surface area contributed by atoms with E-state index in [4.69, 9.17) is 9.47 Å². The fourth-order valence-corrected chi connectivity index (χ4v) is 7.19. The molecule has 0 spiro atoms. The minimum absolute atomic E-state index is 0.00973. The minimum atomic E-state index is -0.638. The van der Waals surface area contributed by atoms with E-state index in [0.717, 1.165) is 43.6 Å². The highest BCUT2D eigenvalue weighted by molar-refractivity contribution is 7.99. The lowest BCUT2D eigenvalue weighted by atomic mass is 9.91. The first-order valence-electron chi connectivity index (χ1n) is 16.5. The van der Waals surface area contributed by atoms with Crippen LogP contribution in [-0.2, 0) is 22.6 Å². The highest BCUT2D eigenvalue weighted by Gasteiger charge is 2.38. The second kappa shape index (κ2) is 15.2. The summed E-state index contributed by atoms with van der Waals surface area (Å²) in [6.07, 6.45) is 1.88. The fraction of sp³-hybridized carbons (Fsp3) is 0.200. The Balaban J connectivity index is 1.09. The number of thioether (sulfide) groups is 1. The van der Waals surface area contributed by atoms with Gasteiger partial charge in [0.15, 0.2) is 12.5 Å². The van der Waals surface area contributed by atoms with Crippen LogP contribution in [0.4, 0.5) is 0 Å². The van der Waals surface area contributed by atoms with E-state index >= 15 is 0 Å². The summed E-state index contributed by atoms with van der Waals surface area (Å²) in [6, 6.07) is 36.7. The van der Waals surface area contributed by atoms with E-state index < -0.39 is 6.29 Å². The fourth-order valence-electron chi connectivity index (χ4n) is 6.11. The predicted octanol–water partition coefficient (Wildman–Crippen LogP) is 6.94. The first-order valence-corrected chi connectivity index (χ1v) is 17.5. The zero-order valence-corrected chi connectivity index (χ0v) is 28.2. The van der Waals surface area contributed by atoms with Crippen LogP contribution >= 0.6 is 11.8 Å². The largest absolute Gasteiger partial charge is 0.618 e. The Morgan fingerprint density at radius 2 is 1.60 bits per heavy atom. The van der Waals surface area contributed by atoms with Crippen molar-refractivity contribution in [2.45, 2.75) is 43.6 Å². The molecule has 1 aliphatic rings. The molecule has 0 radical (unpaired) electrons. The molecule has 1 amide bonds. The molecule has 6 aromatic rings. The number of ether oxygens (including phenoxy) is 2. The number of carbonyl (C=O) groups is 1. The minimum Gasteiger partial charge on any atom is -0.618 e. The Labute approximate surface area is 294 Å². The molecule has 1 fully saturated rings. The van der Waals surface area contributed by atoms with Crippen LogP contribution in [0.5, 0.6) is 0 Å². The van der Waals surface area contributed by atoms with Crippen molar-refractivity contribution < 1.29 is 24.1 Å². The summed E-state index contributed by atoms with van der Waals surface area (Å²) in [4.78, 5) is 21.9. The molecule has 2 N–H and O–H groups in total. The first-order chi connectivity index (χ1) is 24.5. The Kier molecular flexibility index (Phi) is 10.1. The lowest BCUT2D eigenvalue weighted by molar-refractivity contribution is -0.645. The zero-order valence-electron chi connectivity index (χ0n) is 27.4. The first kappa shape index (κ1) is 33.4. The van der Waals surface area contributed by atoms with E-state index in [1.54, 1.807) is 6.07 Å². The number of amides is 1. The van der Waals surface area contributed by atoms with Crippen LogP contribution in [0.15, 0.2) is 133 Å². The van der Waals surface area contributed by atoms with Gasteiger partial charge < -0.3 is 25.1 Å². The molecule has 1 saturated heterocycles. The number of pyridine rings is 1. The molecule has 0 unspecified atom stereocenters. The van der Waals surface area contributed by atoms with Crippen molar-refractivity contribution in [2.24, 2.45) is 5.92 Å². The normalized spacial score (nSPS) is 18.9. The van der Waals surface area contributed by atoms with Crippen LogP contribution in [0.1, 0.15) is 52.1 Å².